The minimum atomic E-state index is -0.865. The van der Waals surface area contributed by atoms with Gasteiger partial charge in [0.25, 0.3) is 0 Å². The van der Waals surface area contributed by atoms with Gasteiger partial charge < -0.3 is 19.5 Å². The summed E-state index contributed by atoms with van der Waals surface area (Å²) in [6.45, 7) is 7.34. The second-order valence-electron chi connectivity index (χ2n) is 5.35. The van der Waals surface area contributed by atoms with Crippen LogP contribution in [0.2, 0.25) is 0 Å². The van der Waals surface area contributed by atoms with Crippen molar-refractivity contribution in [1.82, 2.24) is 9.97 Å². The fraction of sp³-hybridized carbons (Fsp3) is 0.643. The Balaban J connectivity index is 2.12. The fourth-order valence-electron chi connectivity index (χ4n) is 2.19. The first-order valence-electron chi connectivity index (χ1n) is 7.04. The number of aryl methyl sites for hydroxylation is 1. The fourth-order valence-corrected chi connectivity index (χ4v) is 2.19. The van der Waals surface area contributed by atoms with Crippen molar-refractivity contribution in [2.75, 3.05) is 24.6 Å². The number of nitrogens with zero attached hydrogens (tertiary/aromatic N) is 3. The Morgan fingerprint density at radius 2 is 2.33 bits per heavy atom. The van der Waals surface area contributed by atoms with Crippen molar-refractivity contribution >= 4 is 11.9 Å². The number of aromatic nitrogens is 2. The third-order valence-corrected chi connectivity index (χ3v) is 3.00. The summed E-state index contributed by atoms with van der Waals surface area (Å²) in [6, 6.07) is 1.79. The smallest absolute Gasteiger partial charge is 0.306 e. The first kappa shape index (κ1) is 15.5. The molecule has 21 heavy (non-hydrogen) atoms. The first-order chi connectivity index (χ1) is 9.94. The van der Waals surface area contributed by atoms with Gasteiger partial charge in [-0.2, -0.15) is 4.98 Å². The average Bonchev–Trinajstić information content (AvgIpc) is 2.36. The van der Waals surface area contributed by atoms with Crippen molar-refractivity contribution in [2.45, 2.75) is 39.4 Å². The second kappa shape index (κ2) is 6.71. The highest BCUT2D eigenvalue weighted by molar-refractivity contribution is 5.67. The molecule has 1 aromatic heterocycles. The van der Waals surface area contributed by atoms with E-state index in [1.807, 2.05) is 25.7 Å². The summed E-state index contributed by atoms with van der Waals surface area (Å²) in [4.78, 5) is 21.5. The maximum atomic E-state index is 10.8. The predicted molar refractivity (Wildman–Crippen MR) is 76.7 cm³/mol. The number of hydrogen-bond acceptors (Lipinski definition) is 6. The van der Waals surface area contributed by atoms with Crippen molar-refractivity contribution in [3.8, 4) is 5.88 Å². The monoisotopic (exact) mass is 295 g/mol. The third kappa shape index (κ3) is 4.56. The molecule has 1 fully saturated rings. The van der Waals surface area contributed by atoms with E-state index in [1.54, 1.807) is 6.07 Å². The zero-order valence-electron chi connectivity index (χ0n) is 12.6. The maximum Gasteiger partial charge on any atom is 0.306 e. The Morgan fingerprint density at radius 1 is 1.57 bits per heavy atom. The van der Waals surface area contributed by atoms with Gasteiger partial charge in [0.05, 0.1) is 25.2 Å². The summed E-state index contributed by atoms with van der Waals surface area (Å²) < 4.78 is 11.1. The molecule has 0 bridgehead atoms. The van der Waals surface area contributed by atoms with Crippen LogP contribution in [0, 0.1) is 6.92 Å². The predicted octanol–water partition coefficient (Wildman–Crippen LogP) is 1.25. The molecule has 1 N–H and O–H groups in total. The quantitative estimate of drug-likeness (QED) is 0.875. The normalized spacial score (nSPS) is 18.9. The number of ether oxygens (including phenoxy) is 2. The van der Waals surface area contributed by atoms with Crippen LogP contribution in [-0.2, 0) is 9.53 Å². The molecule has 7 nitrogen and oxygen atoms in total. The molecule has 2 heterocycles. The molecule has 0 aliphatic carbocycles. The molecule has 7 heteroatoms. The van der Waals surface area contributed by atoms with Crippen LogP contribution in [0.5, 0.6) is 5.88 Å². The first-order valence-corrected chi connectivity index (χ1v) is 7.04. The highest BCUT2D eigenvalue weighted by Crippen LogP contribution is 2.19. The number of morpholine rings is 1. The van der Waals surface area contributed by atoms with E-state index < -0.39 is 5.97 Å². The van der Waals surface area contributed by atoms with Crippen molar-refractivity contribution in [2.24, 2.45) is 0 Å². The lowest BCUT2D eigenvalue weighted by molar-refractivity contribution is -0.140. The van der Waals surface area contributed by atoms with E-state index in [4.69, 9.17) is 14.6 Å². The lowest BCUT2D eigenvalue weighted by Gasteiger charge is -2.32. The summed E-state index contributed by atoms with van der Waals surface area (Å²) in [5.74, 6) is 0.231. The molecule has 1 aliphatic heterocycles. The molecule has 1 atom stereocenters. The van der Waals surface area contributed by atoms with E-state index in [9.17, 15) is 4.79 Å². The van der Waals surface area contributed by atoms with E-state index in [1.165, 1.54) is 0 Å². The number of carboxylic acids is 1. The SMILES string of the molecule is Cc1cc(OC(C)C)nc(N2CCOC(CC(=O)O)C2)n1. The van der Waals surface area contributed by atoms with Gasteiger partial charge in [-0.25, -0.2) is 4.98 Å². The maximum absolute atomic E-state index is 10.8. The molecule has 1 aromatic rings. The number of rotatable bonds is 5. The van der Waals surface area contributed by atoms with Gasteiger partial charge in [-0.15, -0.1) is 0 Å². The van der Waals surface area contributed by atoms with Crippen LogP contribution < -0.4 is 9.64 Å². The van der Waals surface area contributed by atoms with Crippen LogP contribution in [0.15, 0.2) is 6.07 Å². The number of aliphatic carboxylic acids is 1. The Bertz CT molecular complexity index is 507. The van der Waals surface area contributed by atoms with Gasteiger partial charge in [0.1, 0.15) is 0 Å². The van der Waals surface area contributed by atoms with Crippen LogP contribution in [-0.4, -0.2) is 52.9 Å². The van der Waals surface area contributed by atoms with E-state index in [0.29, 0.717) is 31.5 Å². The lowest BCUT2D eigenvalue weighted by Crippen LogP contribution is -2.44. The highest BCUT2D eigenvalue weighted by atomic mass is 16.5. The average molecular weight is 295 g/mol. The van der Waals surface area contributed by atoms with Gasteiger partial charge in [-0.05, 0) is 20.8 Å². The minimum absolute atomic E-state index is 0.0162. The molecule has 0 aromatic carbocycles. The van der Waals surface area contributed by atoms with Gasteiger partial charge in [0, 0.05) is 24.8 Å². The zero-order chi connectivity index (χ0) is 15.4. The topological polar surface area (TPSA) is 84.8 Å². The van der Waals surface area contributed by atoms with E-state index in [-0.39, 0.29) is 18.6 Å². The van der Waals surface area contributed by atoms with Gasteiger partial charge in [0.15, 0.2) is 0 Å². The van der Waals surface area contributed by atoms with E-state index >= 15 is 0 Å². The standard InChI is InChI=1S/C14H21N3O4/c1-9(2)21-12-6-10(3)15-14(16-12)17-4-5-20-11(8-17)7-13(18)19/h6,9,11H,4-5,7-8H2,1-3H3,(H,18,19). The largest absolute Gasteiger partial charge is 0.481 e. The summed E-state index contributed by atoms with van der Waals surface area (Å²) in [7, 11) is 0. The Labute approximate surface area is 123 Å². The van der Waals surface area contributed by atoms with E-state index in [2.05, 4.69) is 9.97 Å². The summed E-state index contributed by atoms with van der Waals surface area (Å²) in [5, 5.41) is 8.86. The van der Waals surface area contributed by atoms with Crippen molar-refractivity contribution in [1.29, 1.82) is 0 Å². The Hall–Kier alpha value is -1.89. The van der Waals surface area contributed by atoms with Crippen LogP contribution in [0.25, 0.3) is 0 Å². The molecule has 1 saturated heterocycles. The van der Waals surface area contributed by atoms with Crippen molar-refractivity contribution < 1.29 is 19.4 Å². The molecule has 0 spiro atoms. The van der Waals surface area contributed by atoms with Gasteiger partial charge in [-0.1, -0.05) is 0 Å². The summed E-state index contributed by atoms with van der Waals surface area (Å²) >= 11 is 0. The van der Waals surface area contributed by atoms with E-state index in [0.717, 1.165) is 5.69 Å². The molecule has 0 radical (unpaired) electrons. The van der Waals surface area contributed by atoms with Crippen molar-refractivity contribution in [3.05, 3.63) is 11.8 Å². The highest BCUT2D eigenvalue weighted by Gasteiger charge is 2.25. The Morgan fingerprint density at radius 3 is 3.00 bits per heavy atom. The molecular formula is C14H21N3O4. The number of hydrogen-bond donors (Lipinski definition) is 1. The van der Waals surface area contributed by atoms with Gasteiger partial charge >= 0.3 is 5.97 Å². The Kier molecular flexibility index (Phi) is 4.95. The minimum Gasteiger partial charge on any atom is -0.481 e. The summed E-state index contributed by atoms with van der Waals surface area (Å²) in [5.41, 5.74) is 0.817. The molecule has 1 unspecified atom stereocenters. The van der Waals surface area contributed by atoms with Gasteiger partial charge in [-0.3, -0.25) is 4.79 Å². The number of anilines is 1. The third-order valence-electron chi connectivity index (χ3n) is 3.00. The second-order valence-corrected chi connectivity index (χ2v) is 5.35. The molecule has 0 amide bonds. The number of carboxylic acid groups (broad SMARTS) is 1. The lowest BCUT2D eigenvalue weighted by atomic mass is 10.2. The summed E-state index contributed by atoms with van der Waals surface area (Å²) in [6.07, 6.45) is -0.316. The molecule has 1 aliphatic rings. The van der Waals surface area contributed by atoms with Gasteiger partial charge in [0.2, 0.25) is 11.8 Å². The number of carbonyl (C=O) groups is 1. The molecule has 2 rings (SSSR count). The molecule has 0 saturated carbocycles. The molecular weight excluding hydrogens is 274 g/mol. The van der Waals surface area contributed by atoms with Crippen LogP contribution in [0.1, 0.15) is 26.0 Å². The zero-order valence-corrected chi connectivity index (χ0v) is 12.6. The van der Waals surface area contributed by atoms with Crippen LogP contribution in [0.3, 0.4) is 0 Å². The van der Waals surface area contributed by atoms with Crippen LogP contribution in [0.4, 0.5) is 5.95 Å². The molecule has 116 valence electrons. The van der Waals surface area contributed by atoms with Crippen molar-refractivity contribution in [3.63, 3.8) is 0 Å². The van der Waals surface area contributed by atoms with Crippen LogP contribution >= 0.6 is 0 Å².